The molecule has 0 fully saturated rings. The molecule has 3 nitrogen and oxygen atoms in total. The van der Waals surface area contributed by atoms with Gasteiger partial charge in [-0.2, -0.15) is 0 Å². The molecule has 0 spiro atoms. The number of halogens is 3. The fourth-order valence-corrected chi connectivity index (χ4v) is 2.93. The number of rotatable bonds is 5. The standard InChI is InChI=1S/C19H15Cl3N2O/c1-2-25-13-6-3-12(4-7-13)5-10-17-23-11-16(24-17)14-8-9-15(20)19(22)18(14)21/h3-11H,2H2,1H3,(H,23,24). The first-order valence-electron chi connectivity index (χ1n) is 7.68. The maximum atomic E-state index is 6.26. The van der Waals surface area contributed by atoms with E-state index < -0.39 is 0 Å². The van der Waals surface area contributed by atoms with Crippen LogP contribution in [0.4, 0.5) is 0 Å². The van der Waals surface area contributed by atoms with Gasteiger partial charge >= 0.3 is 0 Å². The molecule has 6 heteroatoms. The van der Waals surface area contributed by atoms with Gasteiger partial charge in [-0.15, -0.1) is 0 Å². The van der Waals surface area contributed by atoms with Crippen molar-refractivity contribution in [2.24, 2.45) is 0 Å². The van der Waals surface area contributed by atoms with Crippen molar-refractivity contribution in [2.45, 2.75) is 6.92 Å². The maximum absolute atomic E-state index is 6.26. The van der Waals surface area contributed by atoms with E-state index in [1.807, 2.05) is 43.3 Å². The molecule has 3 aromatic rings. The number of hydrogen-bond donors (Lipinski definition) is 1. The van der Waals surface area contributed by atoms with Crippen LogP contribution in [0, 0.1) is 0 Å². The highest BCUT2D eigenvalue weighted by molar-refractivity contribution is 6.49. The maximum Gasteiger partial charge on any atom is 0.130 e. The molecule has 0 saturated carbocycles. The van der Waals surface area contributed by atoms with Crippen LogP contribution in [-0.2, 0) is 0 Å². The summed E-state index contributed by atoms with van der Waals surface area (Å²) in [7, 11) is 0. The van der Waals surface area contributed by atoms with Gasteiger partial charge in [0.05, 0.1) is 27.4 Å². The predicted octanol–water partition coefficient (Wildman–Crippen LogP) is 6.61. The summed E-state index contributed by atoms with van der Waals surface area (Å²) in [4.78, 5) is 7.63. The van der Waals surface area contributed by atoms with Gasteiger partial charge in [0.2, 0.25) is 0 Å². The third-order valence-electron chi connectivity index (χ3n) is 3.53. The van der Waals surface area contributed by atoms with Gasteiger partial charge in [-0.25, -0.2) is 4.98 Å². The first kappa shape index (κ1) is 17.9. The van der Waals surface area contributed by atoms with Crippen LogP contribution >= 0.6 is 34.8 Å². The van der Waals surface area contributed by atoms with Crippen LogP contribution in [0.3, 0.4) is 0 Å². The van der Waals surface area contributed by atoms with Crippen LogP contribution in [0.15, 0.2) is 42.6 Å². The Bertz CT molecular complexity index is 902. The molecule has 0 aliphatic heterocycles. The molecule has 2 aromatic carbocycles. The van der Waals surface area contributed by atoms with Gasteiger partial charge < -0.3 is 9.72 Å². The van der Waals surface area contributed by atoms with Gasteiger partial charge in [0, 0.05) is 11.8 Å². The van der Waals surface area contributed by atoms with E-state index in [2.05, 4.69) is 9.97 Å². The van der Waals surface area contributed by atoms with E-state index in [4.69, 9.17) is 39.5 Å². The molecule has 0 saturated heterocycles. The Morgan fingerprint density at radius 2 is 1.76 bits per heavy atom. The molecule has 3 rings (SSSR count). The molecule has 0 aliphatic rings. The zero-order valence-corrected chi connectivity index (χ0v) is 15.7. The van der Waals surface area contributed by atoms with Gasteiger partial charge in [0.1, 0.15) is 11.6 Å². The van der Waals surface area contributed by atoms with E-state index in [0.29, 0.717) is 33.2 Å². The van der Waals surface area contributed by atoms with Crippen LogP contribution in [-0.4, -0.2) is 16.6 Å². The van der Waals surface area contributed by atoms with Crippen LogP contribution in [0.2, 0.25) is 15.1 Å². The largest absolute Gasteiger partial charge is 0.494 e. The van der Waals surface area contributed by atoms with E-state index in [1.165, 1.54) is 0 Å². The van der Waals surface area contributed by atoms with Crippen molar-refractivity contribution >= 4 is 47.0 Å². The third kappa shape index (κ3) is 4.18. The number of aromatic nitrogens is 2. The molecule has 0 bridgehead atoms. The fourth-order valence-electron chi connectivity index (χ4n) is 2.30. The normalized spacial score (nSPS) is 11.2. The van der Waals surface area contributed by atoms with E-state index in [-0.39, 0.29) is 0 Å². The molecule has 128 valence electrons. The van der Waals surface area contributed by atoms with Gasteiger partial charge in [0.15, 0.2) is 0 Å². The highest BCUT2D eigenvalue weighted by Gasteiger charge is 2.12. The molecular formula is C19H15Cl3N2O. The lowest BCUT2D eigenvalue weighted by Gasteiger charge is -2.04. The number of aromatic amines is 1. The first-order chi connectivity index (χ1) is 12.1. The Balaban J connectivity index is 1.79. The Morgan fingerprint density at radius 3 is 2.48 bits per heavy atom. The van der Waals surface area contributed by atoms with Crippen LogP contribution in [0.1, 0.15) is 18.3 Å². The molecule has 1 heterocycles. The summed E-state index contributed by atoms with van der Waals surface area (Å²) in [6, 6.07) is 11.3. The SMILES string of the molecule is CCOc1ccc(C=Cc2nc(-c3ccc(Cl)c(Cl)c3Cl)c[nH]2)cc1. The van der Waals surface area contributed by atoms with Crippen LogP contribution < -0.4 is 4.74 Å². The lowest BCUT2D eigenvalue weighted by molar-refractivity contribution is 0.340. The second kappa shape index (κ2) is 7.96. The van der Waals surface area contributed by atoms with Crippen molar-refractivity contribution in [1.82, 2.24) is 9.97 Å². The van der Waals surface area contributed by atoms with E-state index in [1.54, 1.807) is 18.3 Å². The molecular weight excluding hydrogens is 379 g/mol. The second-order valence-corrected chi connectivity index (χ2v) is 6.39. The summed E-state index contributed by atoms with van der Waals surface area (Å²) in [5, 5.41) is 1.14. The van der Waals surface area contributed by atoms with Crippen molar-refractivity contribution in [3.8, 4) is 17.0 Å². The van der Waals surface area contributed by atoms with Gasteiger partial charge in [-0.05, 0) is 42.8 Å². The van der Waals surface area contributed by atoms with Crippen LogP contribution in [0.5, 0.6) is 5.75 Å². The van der Waals surface area contributed by atoms with Crippen LogP contribution in [0.25, 0.3) is 23.4 Å². The minimum Gasteiger partial charge on any atom is -0.494 e. The summed E-state index contributed by atoms with van der Waals surface area (Å²) >= 11 is 18.3. The lowest BCUT2D eigenvalue weighted by atomic mass is 10.2. The topological polar surface area (TPSA) is 37.9 Å². The number of ether oxygens (including phenoxy) is 1. The average molecular weight is 394 g/mol. The Hall–Kier alpha value is -1.94. The number of H-pyrrole nitrogens is 1. The summed E-state index contributed by atoms with van der Waals surface area (Å²) in [6.45, 7) is 2.62. The molecule has 0 radical (unpaired) electrons. The Labute approximate surface area is 161 Å². The minimum absolute atomic E-state index is 0.329. The zero-order valence-electron chi connectivity index (χ0n) is 13.4. The number of imidazole rings is 1. The van der Waals surface area contributed by atoms with Crippen molar-refractivity contribution in [2.75, 3.05) is 6.61 Å². The summed E-state index contributed by atoms with van der Waals surface area (Å²) < 4.78 is 5.43. The van der Waals surface area contributed by atoms with Crippen molar-refractivity contribution in [1.29, 1.82) is 0 Å². The Morgan fingerprint density at radius 1 is 1.00 bits per heavy atom. The number of hydrogen-bond acceptors (Lipinski definition) is 2. The lowest BCUT2D eigenvalue weighted by Crippen LogP contribution is -1.90. The molecule has 0 unspecified atom stereocenters. The van der Waals surface area contributed by atoms with E-state index in [9.17, 15) is 0 Å². The smallest absolute Gasteiger partial charge is 0.130 e. The average Bonchev–Trinajstić information content (AvgIpc) is 3.08. The number of nitrogens with one attached hydrogen (secondary N) is 1. The van der Waals surface area contributed by atoms with E-state index in [0.717, 1.165) is 16.9 Å². The molecule has 1 N–H and O–H groups in total. The third-order valence-corrected chi connectivity index (χ3v) is 4.83. The Kier molecular flexibility index (Phi) is 5.69. The first-order valence-corrected chi connectivity index (χ1v) is 8.82. The second-order valence-electron chi connectivity index (χ2n) is 5.23. The fraction of sp³-hybridized carbons (Fsp3) is 0.105. The molecule has 0 aliphatic carbocycles. The zero-order chi connectivity index (χ0) is 17.8. The van der Waals surface area contributed by atoms with Gasteiger partial charge in [-0.1, -0.05) is 53.0 Å². The molecule has 25 heavy (non-hydrogen) atoms. The van der Waals surface area contributed by atoms with Crippen molar-refractivity contribution < 1.29 is 4.74 Å². The van der Waals surface area contributed by atoms with Crippen molar-refractivity contribution in [3.63, 3.8) is 0 Å². The minimum atomic E-state index is 0.329. The van der Waals surface area contributed by atoms with Gasteiger partial charge in [0.25, 0.3) is 0 Å². The number of nitrogens with zero attached hydrogens (tertiary/aromatic N) is 1. The summed E-state index contributed by atoms with van der Waals surface area (Å²) in [5.41, 5.74) is 2.48. The highest BCUT2D eigenvalue weighted by Crippen LogP contribution is 2.37. The quantitative estimate of drug-likeness (QED) is 0.495. The van der Waals surface area contributed by atoms with Crippen molar-refractivity contribution in [3.05, 3.63) is 69.1 Å². The molecule has 1 aromatic heterocycles. The van der Waals surface area contributed by atoms with E-state index >= 15 is 0 Å². The van der Waals surface area contributed by atoms with Gasteiger partial charge in [-0.3, -0.25) is 0 Å². The summed E-state index contributed by atoms with van der Waals surface area (Å²) in [6.07, 6.45) is 5.64. The highest BCUT2D eigenvalue weighted by atomic mass is 35.5. The summed E-state index contributed by atoms with van der Waals surface area (Å²) in [5.74, 6) is 1.57. The predicted molar refractivity (Wildman–Crippen MR) is 106 cm³/mol. The monoisotopic (exact) mass is 392 g/mol. The molecule has 0 atom stereocenters. The number of benzene rings is 2. The molecule has 0 amide bonds.